The van der Waals surface area contributed by atoms with Crippen molar-refractivity contribution in [1.82, 2.24) is 14.9 Å². The fraction of sp³-hybridized carbons (Fsp3) is 0.944. The van der Waals surface area contributed by atoms with E-state index < -0.39 is 10.0 Å². The van der Waals surface area contributed by atoms with Gasteiger partial charge < -0.3 is 10.2 Å². The van der Waals surface area contributed by atoms with Crippen molar-refractivity contribution in [1.29, 1.82) is 0 Å². The molecule has 6 nitrogen and oxygen atoms in total. The predicted molar refractivity (Wildman–Crippen MR) is 106 cm³/mol. The van der Waals surface area contributed by atoms with Crippen molar-refractivity contribution in [2.45, 2.75) is 51.9 Å². The van der Waals surface area contributed by atoms with Gasteiger partial charge in [0, 0.05) is 12.5 Å². The normalized spacial score (nSPS) is 27.2. The summed E-state index contributed by atoms with van der Waals surface area (Å²) in [6.45, 7) is 7.47. The minimum atomic E-state index is -3.43. The fourth-order valence-electron chi connectivity index (χ4n) is 4.75. The summed E-state index contributed by atoms with van der Waals surface area (Å²) in [6.07, 6.45) is 7.56. The number of likely N-dealkylation sites (tertiary alicyclic amines) is 1. The number of sulfonamides is 1. The first-order valence-electron chi connectivity index (χ1n) is 9.89. The summed E-state index contributed by atoms with van der Waals surface area (Å²) in [5, 5.41) is 3.45. The lowest BCUT2D eigenvalue weighted by Crippen LogP contribution is -2.45. The Hall–Kier alpha value is -0.370. The molecule has 0 aromatic heterocycles. The molecule has 2 saturated heterocycles. The zero-order chi connectivity index (χ0) is 17.9. The maximum atomic E-state index is 12.2. The van der Waals surface area contributed by atoms with Gasteiger partial charge in [-0.2, -0.15) is 0 Å². The van der Waals surface area contributed by atoms with Crippen molar-refractivity contribution in [3.8, 4) is 0 Å². The molecule has 1 spiro atoms. The average Bonchev–Trinajstić information content (AvgIpc) is 3.10. The first-order valence-corrected chi connectivity index (χ1v) is 11.5. The molecule has 1 aliphatic carbocycles. The maximum Gasteiger partial charge on any atom is 0.236 e. The van der Waals surface area contributed by atoms with Crippen molar-refractivity contribution in [2.75, 3.05) is 38.5 Å². The Morgan fingerprint density at radius 1 is 1.15 bits per heavy atom. The number of carbonyl (C=O) groups is 1. The van der Waals surface area contributed by atoms with E-state index in [1.165, 1.54) is 52.0 Å². The van der Waals surface area contributed by atoms with Gasteiger partial charge in [0.05, 0.1) is 5.75 Å². The summed E-state index contributed by atoms with van der Waals surface area (Å²) in [6, 6.07) is 0. The zero-order valence-electron chi connectivity index (χ0n) is 15.8. The molecule has 3 aliphatic rings. The van der Waals surface area contributed by atoms with Gasteiger partial charge >= 0.3 is 0 Å². The maximum absolute atomic E-state index is 12.2. The Labute approximate surface area is 164 Å². The second-order valence-electron chi connectivity index (χ2n) is 8.30. The molecule has 0 aromatic rings. The molecule has 0 radical (unpaired) electrons. The highest BCUT2D eigenvalue weighted by molar-refractivity contribution is 7.90. The summed E-state index contributed by atoms with van der Waals surface area (Å²) in [7, 11) is -3.43. The van der Waals surface area contributed by atoms with Crippen LogP contribution in [-0.4, -0.2) is 57.7 Å². The van der Waals surface area contributed by atoms with Gasteiger partial charge in [0.25, 0.3) is 0 Å². The number of hydrogen-bond acceptors (Lipinski definition) is 5. The lowest BCUT2D eigenvalue weighted by atomic mass is 9.65. The highest BCUT2D eigenvalue weighted by Gasteiger charge is 2.40. The topological polar surface area (TPSA) is 78.5 Å². The van der Waals surface area contributed by atoms with Crippen molar-refractivity contribution in [3.05, 3.63) is 0 Å². The van der Waals surface area contributed by atoms with E-state index in [9.17, 15) is 13.2 Å². The molecule has 152 valence electrons. The number of nitrogens with zero attached hydrogens (tertiary/aromatic N) is 1. The molecular formula is C18H34ClN3O3S. The molecule has 3 fully saturated rings. The average molecular weight is 408 g/mol. The second kappa shape index (κ2) is 9.22. The number of piperidine rings is 1. The lowest BCUT2D eigenvalue weighted by molar-refractivity contribution is -0.125. The van der Waals surface area contributed by atoms with Crippen LogP contribution in [0.1, 0.15) is 51.9 Å². The molecule has 1 saturated carbocycles. The molecule has 1 atom stereocenters. The summed E-state index contributed by atoms with van der Waals surface area (Å²) < 4.78 is 25.4. The Bertz CT molecular complexity index is 560. The molecule has 8 heteroatoms. The van der Waals surface area contributed by atoms with Crippen molar-refractivity contribution < 1.29 is 13.2 Å². The zero-order valence-corrected chi connectivity index (χ0v) is 17.5. The van der Waals surface area contributed by atoms with Gasteiger partial charge in [0.15, 0.2) is 0 Å². The third-order valence-corrected chi connectivity index (χ3v) is 7.92. The number of nitrogens with one attached hydrogen (secondary N) is 2. The molecule has 26 heavy (non-hydrogen) atoms. The third-order valence-electron chi connectivity index (χ3n) is 6.65. The predicted octanol–water partition coefficient (Wildman–Crippen LogP) is 1.76. The van der Waals surface area contributed by atoms with E-state index in [4.69, 9.17) is 0 Å². The van der Waals surface area contributed by atoms with E-state index in [2.05, 4.69) is 14.9 Å². The van der Waals surface area contributed by atoms with E-state index in [1.807, 2.05) is 0 Å². The van der Waals surface area contributed by atoms with Crippen LogP contribution in [0.5, 0.6) is 0 Å². The van der Waals surface area contributed by atoms with Crippen LogP contribution in [0.2, 0.25) is 0 Å². The Morgan fingerprint density at radius 2 is 1.81 bits per heavy atom. The van der Waals surface area contributed by atoms with Crippen LogP contribution in [0.4, 0.5) is 0 Å². The van der Waals surface area contributed by atoms with E-state index >= 15 is 0 Å². The summed E-state index contributed by atoms with van der Waals surface area (Å²) in [5.74, 6) is 0.355. The quantitative estimate of drug-likeness (QED) is 0.725. The van der Waals surface area contributed by atoms with Gasteiger partial charge in [-0.25, -0.2) is 8.42 Å². The van der Waals surface area contributed by atoms with Crippen LogP contribution >= 0.6 is 12.4 Å². The van der Waals surface area contributed by atoms with E-state index in [-0.39, 0.29) is 30.0 Å². The van der Waals surface area contributed by atoms with Crippen molar-refractivity contribution in [2.24, 2.45) is 17.3 Å². The molecule has 0 aromatic carbocycles. The number of amides is 1. The van der Waals surface area contributed by atoms with Gasteiger partial charge in [0.2, 0.25) is 15.9 Å². The van der Waals surface area contributed by atoms with Gasteiger partial charge in [-0.3, -0.25) is 9.52 Å². The van der Waals surface area contributed by atoms with Gasteiger partial charge in [-0.1, -0.05) is 0 Å². The van der Waals surface area contributed by atoms with Crippen LogP contribution < -0.4 is 10.0 Å². The smallest absolute Gasteiger partial charge is 0.236 e. The number of rotatable bonds is 5. The first-order chi connectivity index (χ1) is 11.9. The molecule has 2 aliphatic heterocycles. The highest BCUT2D eigenvalue weighted by Crippen LogP contribution is 2.46. The Balaban J connectivity index is 0.00000243. The van der Waals surface area contributed by atoms with Crippen molar-refractivity contribution >= 4 is 28.3 Å². The molecule has 2 heterocycles. The van der Waals surface area contributed by atoms with Gasteiger partial charge in [-0.05, 0) is 89.4 Å². The van der Waals surface area contributed by atoms with Crippen molar-refractivity contribution in [3.63, 3.8) is 0 Å². The van der Waals surface area contributed by atoms with Crippen LogP contribution in [-0.2, 0) is 14.8 Å². The molecular weight excluding hydrogens is 374 g/mol. The summed E-state index contributed by atoms with van der Waals surface area (Å²) >= 11 is 0. The van der Waals surface area contributed by atoms with E-state index in [1.54, 1.807) is 6.92 Å². The minimum Gasteiger partial charge on any atom is -0.316 e. The highest BCUT2D eigenvalue weighted by atomic mass is 35.5. The van der Waals surface area contributed by atoms with Crippen LogP contribution in [0.25, 0.3) is 0 Å². The number of halogens is 1. The van der Waals surface area contributed by atoms with Gasteiger partial charge in [0.1, 0.15) is 0 Å². The number of carbonyl (C=O) groups excluding carboxylic acids is 1. The molecule has 0 unspecified atom stereocenters. The van der Waals surface area contributed by atoms with Crippen LogP contribution in [0.15, 0.2) is 0 Å². The molecule has 2 N–H and O–H groups in total. The monoisotopic (exact) mass is 407 g/mol. The van der Waals surface area contributed by atoms with Crippen LogP contribution in [0.3, 0.4) is 0 Å². The first kappa shape index (κ1) is 21.9. The summed E-state index contributed by atoms with van der Waals surface area (Å²) in [4.78, 5) is 14.8. The largest absolute Gasteiger partial charge is 0.316 e. The van der Waals surface area contributed by atoms with Gasteiger partial charge in [-0.15, -0.1) is 12.4 Å². The van der Waals surface area contributed by atoms with E-state index in [0.29, 0.717) is 5.41 Å². The molecule has 1 amide bonds. The Morgan fingerprint density at radius 3 is 2.35 bits per heavy atom. The molecule has 0 bridgehead atoms. The van der Waals surface area contributed by atoms with Crippen LogP contribution in [0, 0.1) is 17.3 Å². The van der Waals surface area contributed by atoms with E-state index in [0.717, 1.165) is 31.6 Å². The standard InChI is InChI=1S/C18H33N3O3S.ClH/c1-2-25(23,24)20-17(22)16-3-6-18(7-4-16)8-11-21(12-9-18)14-15-5-10-19-13-15;/h15-16,19H,2-14H2,1H3,(H,20,22);1H/t15-;/m1./s1. The SMILES string of the molecule is CCS(=O)(=O)NC(=O)C1CCC2(CC1)CCN(C[C@@H]1CCNC1)CC2.Cl. The third kappa shape index (κ3) is 5.57. The molecule has 3 rings (SSSR count). The Kier molecular flexibility index (Phi) is 7.77. The number of hydrogen-bond donors (Lipinski definition) is 2. The minimum absolute atomic E-state index is 0. The second-order valence-corrected chi connectivity index (χ2v) is 10.3. The fourth-order valence-corrected chi connectivity index (χ4v) is 5.36. The lowest BCUT2D eigenvalue weighted by Gasteiger charge is -2.46. The summed E-state index contributed by atoms with van der Waals surface area (Å²) in [5.41, 5.74) is 0.394.